The van der Waals surface area contributed by atoms with E-state index in [1.807, 2.05) is 16.5 Å². The number of hydrogen-bond acceptors (Lipinski definition) is 1. The third kappa shape index (κ3) is 5.25. The quantitative estimate of drug-likeness (QED) is 0.585. The SMILES string of the molecule is O.O.O.O=C(O)C1CCCC[CH]1[Ge]. The molecule has 0 bridgehead atoms. The van der Waals surface area contributed by atoms with E-state index in [9.17, 15) is 4.79 Å². The molecule has 13 heavy (non-hydrogen) atoms. The standard InChI is InChI=1S/C7H11GeO2.3H2O/c8-6-4-2-1-3-5(6)7(9)10;;;/h5-6H,1-4H2,(H,9,10);3*1H2. The second-order valence-electron chi connectivity index (χ2n) is 2.84. The zero-order valence-corrected chi connectivity index (χ0v) is 9.44. The van der Waals surface area contributed by atoms with E-state index in [1.54, 1.807) is 0 Å². The zero-order chi connectivity index (χ0) is 7.56. The summed E-state index contributed by atoms with van der Waals surface area (Å²) in [6.07, 6.45) is 4.29. The van der Waals surface area contributed by atoms with Crippen LogP contribution in [0.1, 0.15) is 25.7 Å². The molecule has 0 aromatic carbocycles. The number of aliphatic carboxylic acids is 1. The molecular weight excluding hydrogens is 237 g/mol. The van der Waals surface area contributed by atoms with Gasteiger partial charge in [-0.05, 0) is 0 Å². The summed E-state index contributed by atoms with van der Waals surface area (Å²) in [6.45, 7) is 0. The minimum absolute atomic E-state index is 0. The number of hydrogen-bond donors (Lipinski definition) is 1. The zero-order valence-electron chi connectivity index (χ0n) is 7.34. The normalized spacial score (nSPS) is 25.9. The van der Waals surface area contributed by atoms with Gasteiger partial charge < -0.3 is 16.4 Å². The van der Waals surface area contributed by atoms with Crippen molar-refractivity contribution in [1.82, 2.24) is 0 Å². The molecule has 0 heterocycles. The molecule has 79 valence electrons. The molecule has 1 aliphatic carbocycles. The Labute approximate surface area is 85.7 Å². The van der Waals surface area contributed by atoms with Crippen LogP contribution in [0.15, 0.2) is 0 Å². The Bertz CT molecular complexity index is 141. The van der Waals surface area contributed by atoms with Gasteiger partial charge in [-0.15, -0.1) is 0 Å². The van der Waals surface area contributed by atoms with Crippen LogP contribution >= 0.6 is 0 Å². The van der Waals surface area contributed by atoms with E-state index in [0.29, 0.717) is 4.75 Å². The monoisotopic (exact) mass is 255 g/mol. The Kier molecular flexibility index (Phi) is 12.2. The molecule has 1 fully saturated rings. The predicted molar refractivity (Wildman–Crippen MR) is 49.9 cm³/mol. The summed E-state index contributed by atoms with van der Waals surface area (Å²) in [6, 6.07) is 0. The van der Waals surface area contributed by atoms with Crippen LogP contribution in [-0.2, 0) is 4.79 Å². The summed E-state index contributed by atoms with van der Waals surface area (Å²) in [4.78, 5) is 10.6. The van der Waals surface area contributed by atoms with Gasteiger partial charge in [0.25, 0.3) is 0 Å². The Morgan fingerprint density at radius 2 is 1.62 bits per heavy atom. The van der Waals surface area contributed by atoms with Gasteiger partial charge in [0.2, 0.25) is 0 Å². The molecule has 1 rings (SSSR count). The van der Waals surface area contributed by atoms with Gasteiger partial charge in [-0.2, -0.15) is 0 Å². The second-order valence-corrected chi connectivity index (χ2v) is 4.39. The number of carbonyl (C=O) groups is 1. The Hall–Kier alpha value is -0.107. The molecule has 0 amide bonds. The van der Waals surface area contributed by atoms with Crippen LogP contribution in [0.2, 0.25) is 4.75 Å². The van der Waals surface area contributed by atoms with Gasteiger partial charge in [0, 0.05) is 0 Å². The fourth-order valence-corrected chi connectivity index (χ4v) is 2.50. The Morgan fingerprint density at radius 3 is 1.92 bits per heavy atom. The van der Waals surface area contributed by atoms with Crippen LogP contribution < -0.4 is 0 Å². The van der Waals surface area contributed by atoms with Crippen molar-refractivity contribution >= 4 is 22.5 Å². The number of rotatable bonds is 1. The first kappa shape index (κ1) is 18.6. The molecule has 7 N–H and O–H groups in total. The van der Waals surface area contributed by atoms with E-state index in [4.69, 9.17) is 5.11 Å². The van der Waals surface area contributed by atoms with Gasteiger partial charge >= 0.3 is 68.7 Å². The maximum absolute atomic E-state index is 10.6. The molecular formula is C7H17GeO5. The van der Waals surface area contributed by atoms with Crippen LogP contribution in [0.3, 0.4) is 0 Å². The average Bonchev–Trinajstić information content (AvgIpc) is 1.88. The molecule has 2 atom stereocenters. The first-order valence-corrected chi connectivity index (χ1v) is 4.87. The van der Waals surface area contributed by atoms with Gasteiger partial charge in [-0.3, -0.25) is 0 Å². The predicted octanol–water partition coefficient (Wildman–Crippen LogP) is -1.26. The van der Waals surface area contributed by atoms with Crippen molar-refractivity contribution in [1.29, 1.82) is 0 Å². The van der Waals surface area contributed by atoms with Crippen molar-refractivity contribution in [2.75, 3.05) is 0 Å². The van der Waals surface area contributed by atoms with E-state index in [2.05, 4.69) is 0 Å². The molecule has 0 aliphatic heterocycles. The Morgan fingerprint density at radius 1 is 1.15 bits per heavy atom. The van der Waals surface area contributed by atoms with E-state index in [-0.39, 0.29) is 22.3 Å². The van der Waals surface area contributed by atoms with Crippen LogP contribution in [-0.4, -0.2) is 44.0 Å². The first-order valence-electron chi connectivity index (χ1n) is 3.65. The molecule has 0 aromatic rings. The fourth-order valence-electron chi connectivity index (χ4n) is 1.43. The van der Waals surface area contributed by atoms with Crippen molar-refractivity contribution in [3.63, 3.8) is 0 Å². The molecule has 3 radical (unpaired) electrons. The summed E-state index contributed by atoms with van der Waals surface area (Å²) in [5.74, 6) is -0.666. The van der Waals surface area contributed by atoms with Crippen molar-refractivity contribution in [3.8, 4) is 0 Å². The van der Waals surface area contributed by atoms with Gasteiger partial charge in [0.15, 0.2) is 0 Å². The van der Waals surface area contributed by atoms with Crippen molar-refractivity contribution < 1.29 is 26.3 Å². The van der Waals surface area contributed by atoms with Crippen LogP contribution in [0.4, 0.5) is 0 Å². The second kappa shape index (κ2) is 8.49. The number of carboxylic acids is 1. The van der Waals surface area contributed by atoms with E-state index < -0.39 is 5.97 Å². The molecule has 2 unspecified atom stereocenters. The third-order valence-corrected chi connectivity index (χ3v) is 3.53. The van der Waals surface area contributed by atoms with E-state index in [1.165, 1.54) is 6.42 Å². The molecule has 1 aliphatic rings. The Balaban J connectivity index is -0.000000333. The van der Waals surface area contributed by atoms with Crippen LogP contribution in [0, 0.1) is 5.92 Å². The minimum atomic E-state index is -0.604. The van der Waals surface area contributed by atoms with Gasteiger partial charge in [0.1, 0.15) is 0 Å². The first-order chi connectivity index (χ1) is 4.72. The summed E-state index contributed by atoms with van der Waals surface area (Å²) in [5, 5.41) is 8.71. The van der Waals surface area contributed by atoms with Crippen molar-refractivity contribution in [2.24, 2.45) is 5.92 Å². The van der Waals surface area contributed by atoms with Gasteiger partial charge in [-0.1, -0.05) is 0 Å². The van der Waals surface area contributed by atoms with E-state index in [0.717, 1.165) is 19.3 Å². The van der Waals surface area contributed by atoms with Crippen LogP contribution in [0.25, 0.3) is 0 Å². The molecule has 0 spiro atoms. The third-order valence-electron chi connectivity index (χ3n) is 2.08. The average molecular weight is 254 g/mol. The fraction of sp³-hybridized carbons (Fsp3) is 0.857. The van der Waals surface area contributed by atoms with Gasteiger partial charge in [0.05, 0.1) is 0 Å². The summed E-state index contributed by atoms with van der Waals surface area (Å²) < 4.78 is 0.395. The molecule has 1 saturated carbocycles. The summed E-state index contributed by atoms with van der Waals surface area (Å²) in [7, 11) is 0. The summed E-state index contributed by atoms with van der Waals surface area (Å²) in [5.41, 5.74) is 0. The molecule has 0 aromatic heterocycles. The topological polar surface area (TPSA) is 132 Å². The molecule has 0 saturated heterocycles. The van der Waals surface area contributed by atoms with Crippen molar-refractivity contribution in [2.45, 2.75) is 30.4 Å². The van der Waals surface area contributed by atoms with Crippen molar-refractivity contribution in [3.05, 3.63) is 0 Å². The summed E-state index contributed by atoms with van der Waals surface area (Å²) >= 11 is 2.04. The number of carboxylic acid groups (broad SMARTS) is 1. The van der Waals surface area contributed by atoms with Gasteiger partial charge in [-0.25, -0.2) is 0 Å². The molecule has 5 nitrogen and oxygen atoms in total. The molecule has 6 heteroatoms. The van der Waals surface area contributed by atoms with E-state index >= 15 is 0 Å². The maximum atomic E-state index is 10.6. The van der Waals surface area contributed by atoms with Crippen LogP contribution in [0.5, 0.6) is 0 Å².